The molecule has 6 aromatic rings. The lowest BCUT2D eigenvalue weighted by Gasteiger charge is -2.28. The molecular formula is C33H29FN8O2S. The molecule has 0 spiro atoms. The number of halogens is 1. The third kappa shape index (κ3) is 5.92. The molecule has 1 atom stereocenters. The van der Waals surface area contributed by atoms with Gasteiger partial charge in [0.1, 0.15) is 34.1 Å². The average molecular weight is 621 g/mol. The Labute approximate surface area is 262 Å². The smallest absolute Gasteiger partial charge is 0.256 e. The summed E-state index contributed by atoms with van der Waals surface area (Å²) in [5.41, 5.74) is 4.10. The average Bonchev–Trinajstić information content (AvgIpc) is 3.74. The Morgan fingerprint density at radius 1 is 1.02 bits per heavy atom. The highest BCUT2D eigenvalue weighted by molar-refractivity contribution is 7.13. The van der Waals surface area contributed by atoms with E-state index in [-0.39, 0.29) is 24.9 Å². The highest BCUT2D eigenvalue weighted by Crippen LogP contribution is 2.40. The van der Waals surface area contributed by atoms with Gasteiger partial charge in [0.25, 0.3) is 5.91 Å². The zero-order valence-electron chi connectivity index (χ0n) is 24.4. The van der Waals surface area contributed by atoms with E-state index in [2.05, 4.69) is 49.8 Å². The van der Waals surface area contributed by atoms with Gasteiger partial charge >= 0.3 is 0 Å². The van der Waals surface area contributed by atoms with Crippen molar-refractivity contribution in [2.24, 2.45) is 0 Å². The monoisotopic (exact) mass is 620 g/mol. The van der Waals surface area contributed by atoms with Crippen molar-refractivity contribution in [2.75, 3.05) is 16.8 Å². The predicted molar refractivity (Wildman–Crippen MR) is 171 cm³/mol. The fourth-order valence-electron chi connectivity index (χ4n) is 5.36. The molecule has 0 aliphatic carbocycles. The fraction of sp³-hybridized carbons (Fsp3) is 0.182. The van der Waals surface area contributed by atoms with E-state index in [4.69, 9.17) is 14.8 Å². The lowest BCUT2D eigenvalue weighted by Crippen LogP contribution is -2.34. The number of ether oxygens (including phenoxy) is 1. The second-order valence-electron chi connectivity index (χ2n) is 10.7. The molecule has 12 heteroatoms. The standard InChI is InChI=1S/C33H29FN8O2S/c1-21-15-37-30(43)26-18-39-42-29(26)40-28(36-16-24-14-25(34)17-38-31(24)44-21)27(32-35-12-13-45-32)33(42)41(19-22-8-4-2-5-9-22)20-23-10-6-3-7-11-23/h2-14,17-18,21H,15-16,19-20H2,1H3,(H,36,40)(H,37,43). The van der Waals surface area contributed by atoms with Crippen LogP contribution in [0.25, 0.3) is 16.2 Å². The topological polar surface area (TPSA) is 110 Å². The summed E-state index contributed by atoms with van der Waals surface area (Å²) >= 11 is 1.47. The Kier molecular flexibility index (Phi) is 7.78. The van der Waals surface area contributed by atoms with E-state index in [1.54, 1.807) is 10.7 Å². The molecule has 226 valence electrons. The number of aromatic nitrogens is 5. The molecule has 1 amide bonds. The van der Waals surface area contributed by atoms with Crippen molar-refractivity contribution in [3.63, 3.8) is 0 Å². The van der Waals surface area contributed by atoms with Crippen LogP contribution in [-0.2, 0) is 19.6 Å². The second kappa shape index (κ2) is 12.3. The van der Waals surface area contributed by atoms with Gasteiger partial charge in [-0.1, -0.05) is 60.7 Å². The van der Waals surface area contributed by atoms with Gasteiger partial charge < -0.3 is 20.3 Å². The maximum Gasteiger partial charge on any atom is 0.256 e. The highest BCUT2D eigenvalue weighted by atomic mass is 32.1. The number of anilines is 2. The molecule has 0 radical (unpaired) electrons. The third-order valence-corrected chi connectivity index (χ3v) is 8.24. The van der Waals surface area contributed by atoms with Crippen LogP contribution >= 0.6 is 11.3 Å². The van der Waals surface area contributed by atoms with Gasteiger partial charge in [-0.15, -0.1) is 11.3 Å². The van der Waals surface area contributed by atoms with Gasteiger partial charge in [-0.3, -0.25) is 4.79 Å². The predicted octanol–water partition coefficient (Wildman–Crippen LogP) is 5.72. The van der Waals surface area contributed by atoms with Crippen LogP contribution in [0.1, 0.15) is 34.0 Å². The molecule has 2 N–H and O–H groups in total. The summed E-state index contributed by atoms with van der Waals surface area (Å²) in [6, 6.07) is 21.7. The van der Waals surface area contributed by atoms with Gasteiger partial charge in [-0.25, -0.2) is 19.3 Å². The van der Waals surface area contributed by atoms with Gasteiger partial charge in [-0.2, -0.15) is 9.61 Å². The van der Waals surface area contributed by atoms with E-state index in [1.165, 1.54) is 23.6 Å². The maximum absolute atomic E-state index is 14.4. The Morgan fingerprint density at radius 3 is 2.44 bits per heavy atom. The number of thiazole rings is 1. The van der Waals surface area contributed by atoms with E-state index >= 15 is 0 Å². The Morgan fingerprint density at radius 2 is 1.76 bits per heavy atom. The molecule has 1 unspecified atom stereocenters. The van der Waals surface area contributed by atoms with Gasteiger partial charge in [-0.05, 0) is 24.1 Å². The van der Waals surface area contributed by atoms with Crippen molar-refractivity contribution in [3.8, 4) is 16.5 Å². The van der Waals surface area contributed by atoms with Crippen LogP contribution < -0.4 is 20.3 Å². The van der Waals surface area contributed by atoms with Crippen LogP contribution in [0.4, 0.5) is 16.0 Å². The largest absolute Gasteiger partial charge is 0.473 e. The molecule has 0 fully saturated rings. The number of nitrogens with zero attached hydrogens (tertiary/aromatic N) is 6. The minimum atomic E-state index is -0.483. The number of nitrogens with one attached hydrogen (secondary N) is 2. The molecule has 4 aromatic heterocycles. The van der Waals surface area contributed by atoms with Crippen LogP contribution in [0.15, 0.2) is 90.7 Å². The Hall–Kier alpha value is -5.36. The van der Waals surface area contributed by atoms with Crippen molar-refractivity contribution in [2.45, 2.75) is 32.7 Å². The SMILES string of the molecule is CC1CNC(=O)c2cnn3c(N(Cc4ccccc4)Cc4ccccc4)c(-c4nccs4)c(nc23)NCc2cc(F)cnc2O1. The number of hydrogen-bond acceptors (Lipinski definition) is 9. The number of fused-ring (bicyclic) bond motifs is 2. The first kappa shape index (κ1) is 28.4. The molecule has 0 saturated heterocycles. The summed E-state index contributed by atoms with van der Waals surface area (Å²) in [6.45, 7) is 3.26. The number of carbonyl (C=O) groups excluding carboxylic acids is 1. The molecule has 5 heterocycles. The lowest BCUT2D eigenvalue weighted by molar-refractivity contribution is 0.0932. The summed E-state index contributed by atoms with van der Waals surface area (Å²) in [7, 11) is 0. The first-order valence-corrected chi connectivity index (χ1v) is 15.4. The number of hydrogen-bond donors (Lipinski definition) is 2. The van der Waals surface area contributed by atoms with Crippen molar-refractivity contribution in [1.82, 2.24) is 29.9 Å². The molecule has 0 saturated carbocycles. The molecule has 2 bridgehead atoms. The summed E-state index contributed by atoms with van der Waals surface area (Å²) < 4.78 is 22.2. The Balaban J connectivity index is 1.47. The summed E-state index contributed by atoms with van der Waals surface area (Å²) in [5, 5.41) is 13.7. The van der Waals surface area contributed by atoms with E-state index in [0.29, 0.717) is 52.1 Å². The summed E-state index contributed by atoms with van der Waals surface area (Å²) in [4.78, 5) is 29.6. The van der Waals surface area contributed by atoms with Crippen molar-refractivity contribution in [3.05, 3.63) is 119 Å². The van der Waals surface area contributed by atoms with Gasteiger partial charge in [0.2, 0.25) is 5.88 Å². The second-order valence-corrected chi connectivity index (χ2v) is 11.6. The number of carbonyl (C=O) groups is 1. The maximum atomic E-state index is 14.4. The van der Waals surface area contributed by atoms with E-state index in [1.807, 2.05) is 48.7 Å². The minimum Gasteiger partial charge on any atom is -0.473 e. The number of pyridine rings is 1. The van der Waals surface area contributed by atoms with Gasteiger partial charge in [0.15, 0.2) is 5.65 Å². The molecule has 1 aliphatic heterocycles. The van der Waals surface area contributed by atoms with Crippen LogP contribution in [0.3, 0.4) is 0 Å². The minimum absolute atomic E-state index is 0.163. The van der Waals surface area contributed by atoms with E-state index < -0.39 is 11.9 Å². The van der Waals surface area contributed by atoms with Crippen LogP contribution in [0, 0.1) is 5.82 Å². The van der Waals surface area contributed by atoms with Crippen molar-refractivity contribution in [1.29, 1.82) is 0 Å². The summed E-state index contributed by atoms with van der Waals surface area (Å²) in [5.74, 6) is 0.636. The van der Waals surface area contributed by atoms with Gasteiger partial charge in [0, 0.05) is 36.8 Å². The lowest BCUT2D eigenvalue weighted by atomic mass is 10.1. The molecule has 1 aliphatic rings. The molecule has 2 aromatic carbocycles. The summed E-state index contributed by atoms with van der Waals surface area (Å²) in [6.07, 6.45) is 3.97. The number of amides is 1. The van der Waals surface area contributed by atoms with Crippen molar-refractivity contribution < 1.29 is 13.9 Å². The molecular weight excluding hydrogens is 591 g/mol. The van der Waals surface area contributed by atoms with E-state index in [0.717, 1.165) is 17.3 Å². The van der Waals surface area contributed by atoms with Crippen LogP contribution in [0.5, 0.6) is 5.88 Å². The highest BCUT2D eigenvalue weighted by Gasteiger charge is 2.28. The van der Waals surface area contributed by atoms with Crippen LogP contribution in [0.2, 0.25) is 0 Å². The number of benzene rings is 2. The molecule has 10 nitrogen and oxygen atoms in total. The quantitative estimate of drug-likeness (QED) is 0.244. The first-order valence-electron chi connectivity index (χ1n) is 14.5. The molecule has 7 rings (SSSR count). The zero-order chi connectivity index (χ0) is 30.8. The van der Waals surface area contributed by atoms with E-state index in [9.17, 15) is 9.18 Å². The third-order valence-electron chi connectivity index (χ3n) is 7.45. The zero-order valence-corrected chi connectivity index (χ0v) is 25.2. The Bertz CT molecular complexity index is 1910. The number of rotatable bonds is 6. The normalized spacial score (nSPS) is 14.8. The fourth-order valence-corrected chi connectivity index (χ4v) is 6.04. The van der Waals surface area contributed by atoms with Gasteiger partial charge in [0.05, 0.1) is 24.5 Å². The van der Waals surface area contributed by atoms with Crippen molar-refractivity contribution >= 4 is 34.5 Å². The molecule has 45 heavy (non-hydrogen) atoms. The van der Waals surface area contributed by atoms with Crippen LogP contribution in [-0.4, -0.2) is 43.1 Å². The first-order chi connectivity index (χ1) is 22.0.